The van der Waals surface area contributed by atoms with Crippen molar-refractivity contribution >= 4 is 23.1 Å². The molecule has 0 fully saturated rings. The zero-order chi connectivity index (χ0) is 9.68. The van der Waals surface area contributed by atoms with Crippen LogP contribution in [0.5, 0.6) is 0 Å². The molecule has 0 nitrogen and oxygen atoms in total. The Kier molecular flexibility index (Phi) is 5.32. The molecule has 0 aliphatic heterocycles. The van der Waals surface area contributed by atoms with E-state index in [1.807, 2.05) is 0 Å². The third kappa shape index (κ3) is 3.24. The van der Waals surface area contributed by atoms with Gasteiger partial charge in [-0.15, -0.1) is 0 Å². The van der Waals surface area contributed by atoms with Crippen molar-refractivity contribution in [2.75, 3.05) is 0 Å². The molecule has 1 unspecified atom stereocenters. The summed E-state index contributed by atoms with van der Waals surface area (Å²) < 4.78 is 0. The van der Waals surface area contributed by atoms with Crippen LogP contribution in [-0.4, -0.2) is 0 Å². The van der Waals surface area contributed by atoms with Crippen molar-refractivity contribution in [3.63, 3.8) is 0 Å². The van der Waals surface area contributed by atoms with Crippen molar-refractivity contribution in [3.8, 4) is 0 Å². The van der Waals surface area contributed by atoms with Crippen LogP contribution in [0.2, 0.25) is 0 Å². The van der Waals surface area contributed by atoms with Gasteiger partial charge in [0, 0.05) is 5.92 Å². The van der Waals surface area contributed by atoms with Gasteiger partial charge < -0.3 is 0 Å². The van der Waals surface area contributed by atoms with Crippen molar-refractivity contribution in [3.05, 3.63) is 41.5 Å². The fourth-order valence-corrected chi connectivity index (χ4v) is 1.34. The Morgan fingerprint density at radius 3 is 2.54 bits per heavy atom. The van der Waals surface area contributed by atoms with Gasteiger partial charge in [-0.3, -0.25) is 0 Å². The Morgan fingerprint density at radius 1 is 1.31 bits per heavy atom. The molecule has 1 atom stereocenters. The standard InChI is InChI=1S/C10H9.2ClH.Zr/c1-8-6-7-9-4-2-3-5-10(8)9;;;/h2-5,7-8H,1H3;2*1H;/q;;;+2/p-2. The normalized spacial score (nSPS) is 17.3. The van der Waals surface area contributed by atoms with E-state index in [0.717, 1.165) is 0 Å². The second-order valence-electron chi connectivity index (χ2n) is 2.73. The quantitative estimate of drug-likeness (QED) is 0.678. The molecule has 0 N–H and O–H groups in total. The molecule has 1 aliphatic rings. The summed E-state index contributed by atoms with van der Waals surface area (Å²) in [7, 11) is 9.87. The van der Waals surface area contributed by atoms with E-state index in [-0.39, 0.29) is 0 Å². The van der Waals surface area contributed by atoms with E-state index in [2.05, 4.69) is 43.3 Å². The number of fused-ring (bicyclic) bond motifs is 1. The maximum atomic E-state index is 4.93. The van der Waals surface area contributed by atoms with Crippen molar-refractivity contribution < 1.29 is 20.8 Å². The molecular weight excluding hydrogens is 282 g/mol. The number of hydrogen-bond acceptors (Lipinski definition) is 0. The molecule has 13 heavy (non-hydrogen) atoms. The van der Waals surface area contributed by atoms with Gasteiger partial charge in [0.2, 0.25) is 0 Å². The summed E-state index contributed by atoms with van der Waals surface area (Å²) >= 11 is -0.826. The first kappa shape index (κ1) is 11.5. The molecule has 1 aromatic carbocycles. The van der Waals surface area contributed by atoms with E-state index >= 15 is 0 Å². The van der Waals surface area contributed by atoms with Crippen LogP contribution < -0.4 is 0 Å². The van der Waals surface area contributed by atoms with Crippen molar-refractivity contribution in [2.24, 2.45) is 0 Å². The van der Waals surface area contributed by atoms with Crippen LogP contribution in [0.4, 0.5) is 0 Å². The fourth-order valence-electron chi connectivity index (χ4n) is 1.34. The second kappa shape index (κ2) is 6.01. The first-order valence-corrected chi connectivity index (χ1v) is 10.3. The average molecular weight is 291 g/mol. The molecule has 0 heterocycles. The Balaban J connectivity index is 0.000000251. The van der Waals surface area contributed by atoms with E-state index in [9.17, 15) is 0 Å². The molecule has 0 aromatic heterocycles. The average Bonchev–Trinajstić information content (AvgIpc) is 2.50. The van der Waals surface area contributed by atoms with Gasteiger partial charge in [0.15, 0.2) is 0 Å². The Bertz CT molecular complexity index is 297. The van der Waals surface area contributed by atoms with E-state index in [0.29, 0.717) is 5.92 Å². The molecular formula is C10H9Cl2Zr. The van der Waals surface area contributed by atoms with Crippen molar-refractivity contribution in [1.82, 2.24) is 0 Å². The number of hydrogen-bond donors (Lipinski definition) is 0. The fraction of sp³-hybridized carbons (Fsp3) is 0.200. The molecule has 0 amide bonds. The number of allylic oxidation sites excluding steroid dienone is 1. The topological polar surface area (TPSA) is 0 Å². The Morgan fingerprint density at radius 2 is 1.92 bits per heavy atom. The predicted octanol–water partition coefficient (Wildman–Crippen LogP) is 4.00. The zero-order valence-corrected chi connectivity index (χ0v) is 11.2. The molecule has 0 spiro atoms. The summed E-state index contributed by atoms with van der Waals surface area (Å²) in [6, 6.07) is 8.44. The summed E-state index contributed by atoms with van der Waals surface area (Å²) in [5.74, 6) is 0.496. The van der Waals surface area contributed by atoms with Gasteiger partial charge in [-0.2, -0.15) is 0 Å². The van der Waals surface area contributed by atoms with Gasteiger partial charge in [0.05, 0.1) is 0 Å². The molecule has 67 valence electrons. The number of rotatable bonds is 0. The Hall–Kier alpha value is 0.423. The molecule has 3 heteroatoms. The molecule has 0 saturated carbocycles. The summed E-state index contributed by atoms with van der Waals surface area (Å²) in [6.45, 7) is 2.17. The third-order valence-corrected chi connectivity index (χ3v) is 1.95. The first-order chi connectivity index (χ1) is 6.29. The monoisotopic (exact) mass is 289 g/mol. The van der Waals surface area contributed by atoms with E-state index in [4.69, 9.17) is 17.0 Å². The SMILES string of the molecule is CC1[C]=Cc2ccccc21.[Cl][Zr][Cl]. The van der Waals surface area contributed by atoms with Crippen LogP contribution in [0.25, 0.3) is 6.08 Å². The molecule has 1 radical (unpaired) electrons. The van der Waals surface area contributed by atoms with Crippen LogP contribution in [0, 0.1) is 6.08 Å². The predicted molar refractivity (Wildman–Crippen MR) is 54.3 cm³/mol. The van der Waals surface area contributed by atoms with E-state index < -0.39 is 20.8 Å². The van der Waals surface area contributed by atoms with Gasteiger partial charge in [-0.05, 0) is 17.2 Å². The van der Waals surface area contributed by atoms with Crippen LogP contribution in [0.3, 0.4) is 0 Å². The van der Waals surface area contributed by atoms with Crippen LogP contribution in [-0.2, 0) is 20.8 Å². The van der Waals surface area contributed by atoms with Gasteiger partial charge in [0.1, 0.15) is 0 Å². The van der Waals surface area contributed by atoms with Gasteiger partial charge in [-0.1, -0.05) is 37.3 Å². The minimum absolute atomic E-state index is 0.496. The summed E-state index contributed by atoms with van der Waals surface area (Å²) in [4.78, 5) is 0. The van der Waals surface area contributed by atoms with Crippen LogP contribution in [0.15, 0.2) is 24.3 Å². The third-order valence-electron chi connectivity index (χ3n) is 1.95. The van der Waals surface area contributed by atoms with Crippen LogP contribution >= 0.6 is 17.0 Å². The van der Waals surface area contributed by atoms with Crippen molar-refractivity contribution in [1.29, 1.82) is 0 Å². The van der Waals surface area contributed by atoms with Crippen LogP contribution in [0.1, 0.15) is 24.0 Å². The summed E-state index contributed by atoms with van der Waals surface area (Å²) in [5, 5.41) is 0. The molecule has 2 rings (SSSR count). The zero-order valence-electron chi connectivity index (χ0n) is 7.22. The second-order valence-corrected chi connectivity index (χ2v) is 6.46. The molecule has 1 aliphatic carbocycles. The maximum absolute atomic E-state index is 4.93. The van der Waals surface area contributed by atoms with E-state index in [1.54, 1.807) is 0 Å². The summed E-state index contributed by atoms with van der Waals surface area (Å²) in [5.41, 5.74) is 2.73. The van der Waals surface area contributed by atoms with Gasteiger partial charge in [-0.25, -0.2) is 0 Å². The molecule has 0 saturated heterocycles. The van der Waals surface area contributed by atoms with Gasteiger partial charge >= 0.3 is 37.9 Å². The number of halogens is 2. The molecule has 1 aromatic rings. The van der Waals surface area contributed by atoms with Gasteiger partial charge in [0.25, 0.3) is 0 Å². The Labute approximate surface area is 97.6 Å². The molecule has 0 bridgehead atoms. The van der Waals surface area contributed by atoms with E-state index in [1.165, 1.54) is 11.1 Å². The number of benzene rings is 1. The minimum atomic E-state index is -0.826. The first-order valence-electron chi connectivity index (χ1n) is 3.94. The van der Waals surface area contributed by atoms with Crippen molar-refractivity contribution in [2.45, 2.75) is 12.8 Å². The summed E-state index contributed by atoms with van der Waals surface area (Å²) in [6.07, 6.45) is 5.33.